The SMILES string of the molecule is CCc1nn(CC)c(CC2(F)CC(N)C2)c1Br. The summed E-state index contributed by atoms with van der Waals surface area (Å²) in [6, 6.07) is 0.0300. The maximum absolute atomic E-state index is 14.3. The van der Waals surface area contributed by atoms with Gasteiger partial charge in [0.25, 0.3) is 0 Å². The van der Waals surface area contributed by atoms with Crippen LogP contribution in [0.25, 0.3) is 0 Å². The Kier molecular flexibility index (Phi) is 3.59. The molecule has 3 nitrogen and oxygen atoms in total. The Morgan fingerprint density at radius 1 is 1.53 bits per heavy atom. The van der Waals surface area contributed by atoms with Gasteiger partial charge in [-0.3, -0.25) is 4.68 Å². The molecule has 1 fully saturated rings. The number of nitrogens with zero attached hydrogens (tertiary/aromatic N) is 2. The molecule has 17 heavy (non-hydrogen) atoms. The number of halogens is 2. The fourth-order valence-electron chi connectivity index (χ4n) is 2.51. The predicted molar refractivity (Wildman–Crippen MR) is 69.7 cm³/mol. The van der Waals surface area contributed by atoms with E-state index in [0.717, 1.165) is 28.8 Å². The third-order valence-electron chi connectivity index (χ3n) is 3.43. The van der Waals surface area contributed by atoms with Crippen molar-refractivity contribution in [3.05, 3.63) is 15.9 Å². The molecule has 1 aromatic rings. The summed E-state index contributed by atoms with van der Waals surface area (Å²) in [6.45, 7) is 4.86. The molecule has 0 aliphatic heterocycles. The first kappa shape index (κ1) is 13.0. The molecule has 0 spiro atoms. The monoisotopic (exact) mass is 303 g/mol. The Bertz CT molecular complexity index is 410. The minimum atomic E-state index is -1.13. The van der Waals surface area contributed by atoms with Gasteiger partial charge in [0.1, 0.15) is 5.67 Å². The number of aryl methyl sites for hydroxylation is 2. The molecule has 0 amide bonds. The Labute approximate surface area is 110 Å². The van der Waals surface area contributed by atoms with E-state index in [-0.39, 0.29) is 6.04 Å². The summed E-state index contributed by atoms with van der Waals surface area (Å²) < 4.78 is 17.2. The molecule has 0 saturated heterocycles. The average Bonchev–Trinajstić information content (AvgIpc) is 2.54. The van der Waals surface area contributed by atoms with Gasteiger partial charge in [-0.15, -0.1) is 0 Å². The topological polar surface area (TPSA) is 43.8 Å². The fraction of sp³-hybridized carbons (Fsp3) is 0.750. The molecular formula is C12H19BrFN3. The Morgan fingerprint density at radius 3 is 2.65 bits per heavy atom. The maximum Gasteiger partial charge on any atom is 0.119 e. The van der Waals surface area contributed by atoms with Crippen LogP contribution in [0.1, 0.15) is 38.1 Å². The molecule has 0 unspecified atom stereocenters. The molecule has 0 aromatic carbocycles. The number of hydrogen-bond acceptors (Lipinski definition) is 2. The standard InChI is InChI=1S/C12H19BrFN3/c1-3-9-11(13)10(17(4-2)16-9)7-12(14)5-8(15)6-12/h8H,3-7,15H2,1-2H3. The lowest BCUT2D eigenvalue weighted by Crippen LogP contribution is -2.50. The van der Waals surface area contributed by atoms with Gasteiger partial charge in [-0.2, -0.15) is 5.10 Å². The van der Waals surface area contributed by atoms with E-state index in [9.17, 15) is 4.39 Å². The largest absolute Gasteiger partial charge is 0.327 e. The van der Waals surface area contributed by atoms with Crippen LogP contribution in [-0.4, -0.2) is 21.5 Å². The molecule has 2 rings (SSSR count). The first-order valence-corrected chi connectivity index (χ1v) is 6.97. The normalized spacial score (nSPS) is 28.2. The average molecular weight is 304 g/mol. The Balaban J connectivity index is 2.22. The molecule has 1 heterocycles. The van der Waals surface area contributed by atoms with Crippen LogP contribution in [0.15, 0.2) is 4.47 Å². The third-order valence-corrected chi connectivity index (χ3v) is 4.35. The van der Waals surface area contributed by atoms with E-state index in [4.69, 9.17) is 5.73 Å². The number of hydrogen-bond donors (Lipinski definition) is 1. The Morgan fingerprint density at radius 2 is 2.18 bits per heavy atom. The fourth-order valence-corrected chi connectivity index (χ4v) is 3.22. The van der Waals surface area contributed by atoms with Gasteiger partial charge in [-0.05, 0) is 42.1 Å². The summed E-state index contributed by atoms with van der Waals surface area (Å²) in [7, 11) is 0. The summed E-state index contributed by atoms with van der Waals surface area (Å²) in [5.74, 6) is 0. The predicted octanol–water partition coefficient (Wildman–Crippen LogP) is 2.60. The van der Waals surface area contributed by atoms with Gasteiger partial charge in [0.2, 0.25) is 0 Å². The first-order valence-electron chi connectivity index (χ1n) is 6.17. The van der Waals surface area contributed by atoms with Crippen LogP contribution in [0.5, 0.6) is 0 Å². The van der Waals surface area contributed by atoms with E-state index >= 15 is 0 Å². The highest BCUT2D eigenvalue weighted by atomic mass is 79.9. The molecule has 1 aliphatic carbocycles. The van der Waals surface area contributed by atoms with Crippen molar-refractivity contribution in [2.45, 2.75) is 57.8 Å². The summed E-state index contributed by atoms with van der Waals surface area (Å²) in [4.78, 5) is 0. The van der Waals surface area contributed by atoms with E-state index in [0.29, 0.717) is 19.3 Å². The highest BCUT2D eigenvalue weighted by Crippen LogP contribution is 2.39. The van der Waals surface area contributed by atoms with Gasteiger partial charge >= 0.3 is 0 Å². The van der Waals surface area contributed by atoms with E-state index in [1.165, 1.54) is 0 Å². The van der Waals surface area contributed by atoms with Gasteiger partial charge in [0.15, 0.2) is 0 Å². The highest BCUT2D eigenvalue weighted by Gasteiger charge is 2.44. The zero-order chi connectivity index (χ0) is 12.6. The van der Waals surface area contributed by atoms with Gasteiger partial charge < -0.3 is 5.73 Å². The van der Waals surface area contributed by atoms with Gasteiger partial charge in [0.05, 0.1) is 15.9 Å². The van der Waals surface area contributed by atoms with Crippen molar-refractivity contribution in [3.63, 3.8) is 0 Å². The number of rotatable bonds is 4. The highest BCUT2D eigenvalue weighted by molar-refractivity contribution is 9.10. The smallest absolute Gasteiger partial charge is 0.119 e. The van der Waals surface area contributed by atoms with Crippen LogP contribution in [0.4, 0.5) is 4.39 Å². The molecular weight excluding hydrogens is 285 g/mol. The number of aromatic nitrogens is 2. The van der Waals surface area contributed by atoms with Crippen molar-refractivity contribution >= 4 is 15.9 Å². The lowest BCUT2D eigenvalue weighted by molar-refractivity contribution is 0.0422. The van der Waals surface area contributed by atoms with Crippen LogP contribution in [0.2, 0.25) is 0 Å². The summed E-state index contributed by atoms with van der Waals surface area (Å²) in [5.41, 5.74) is 6.53. The van der Waals surface area contributed by atoms with E-state index < -0.39 is 5.67 Å². The first-order chi connectivity index (χ1) is 7.99. The third kappa shape index (κ3) is 2.40. The molecule has 0 radical (unpaired) electrons. The number of nitrogens with two attached hydrogens (primary N) is 1. The van der Waals surface area contributed by atoms with E-state index in [2.05, 4.69) is 28.0 Å². The molecule has 1 saturated carbocycles. The second-order valence-electron chi connectivity index (χ2n) is 4.87. The Hall–Kier alpha value is -0.420. The van der Waals surface area contributed by atoms with Crippen molar-refractivity contribution in [1.29, 1.82) is 0 Å². The zero-order valence-electron chi connectivity index (χ0n) is 10.3. The molecule has 1 aromatic heterocycles. The zero-order valence-corrected chi connectivity index (χ0v) is 11.9. The van der Waals surface area contributed by atoms with Crippen molar-refractivity contribution < 1.29 is 4.39 Å². The lowest BCUT2D eigenvalue weighted by atomic mass is 9.75. The van der Waals surface area contributed by atoms with Crippen molar-refractivity contribution in [1.82, 2.24) is 9.78 Å². The second-order valence-corrected chi connectivity index (χ2v) is 5.67. The minimum absolute atomic E-state index is 0.0300. The van der Waals surface area contributed by atoms with Gasteiger partial charge in [-0.1, -0.05) is 6.92 Å². The second kappa shape index (κ2) is 4.69. The quantitative estimate of drug-likeness (QED) is 0.929. The molecule has 0 atom stereocenters. The van der Waals surface area contributed by atoms with Crippen LogP contribution < -0.4 is 5.73 Å². The molecule has 0 bridgehead atoms. The molecule has 96 valence electrons. The summed E-state index contributed by atoms with van der Waals surface area (Å²) >= 11 is 3.54. The molecule has 5 heteroatoms. The van der Waals surface area contributed by atoms with Crippen molar-refractivity contribution in [2.24, 2.45) is 5.73 Å². The van der Waals surface area contributed by atoms with Crippen LogP contribution in [0, 0.1) is 0 Å². The van der Waals surface area contributed by atoms with Gasteiger partial charge in [-0.25, -0.2) is 4.39 Å². The minimum Gasteiger partial charge on any atom is -0.327 e. The van der Waals surface area contributed by atoms with Crippen LogP contribution >= 0.6 is 15.9 Å². The maximum atomic E-state index is 14.3. The van der Waals surface area contributed by atoms with Crippen molar-refractivity contribution in [2.75, 3.05) is 0 Å². The molecule has 2 N–H and O–H groups in total. The number of alkyl halides is 1. The lowest BCUT2D eigenvalue weighted by Gasteiger charge is -2.39. The summed E-state index contributed by atoms with van der Waals surface area (Å²) in [5, 5.41) is 4.48. The molecule has 1 aliphatic rings. The van der Waals surface area contributed by atoms with Gasteiger partial charge in [0, 0.05) is 19.0 Å². The van der Waals surface area contributed by atoms with E-state index in [1.54, 1.807) is 0 Å². The van der Waals surface area contributed by atoms with E-state index in [1.807, 2.05) is 11.6 Å². The summed E-state index contributed by atoms with van der Waals surface area (Å²) in [6.07, 6.45) is 2.22. The van der Waals surface area contributed by atoms with Crippen LogP contribution in [-0.2, 0) is 19.4 Å². The van der Waals surface area contributed by atoms with Crippen LogP contribution in [0.3, 0.4) is 0 Å². The van der Waals surface area contributed by atoms with Crippen molar-refractivity contribution in [3.8, 4) is 0 Å².